The van der Waals surface area contributed by atoms with Crippen molar-refractivity contribution in [2.24, 2.45) is 0 Å². The SMILES string of the molecule is CCc1ccc([C@H](C)NC(=O)COc2cccc([N+](=O)[O-])c2)cc1. The van der Waals surface area contributed by atoms with E-state index in [1.807, 2.05) is 31.2 Å². The second-order valence-corrected chi connectivity index (χ2v) is 5.43. The molecular weight excluding hydrogens is 308 g/mol. The number of aryl methyl sites for hydroxylation is 1. The predicted molar refractivity (Wildman–Crippen MR) is 91.0 cm³/mol. The van der Waals surface area contributed by atoms with E-state index in [1.54, 1.807) is 6.07 Å². The fraction of sp³-hybridized carbons (Fsp3) is 0.278. The number of non-ortho nitro benzene ring substituents is 1. The van der Waals surface area contributed by atoms with Crippen LogP contribution in [0.2, 0.25) is 0 Å². The maximum Gasteiger partial charge on any atom is 0.273 e. The number of hydrogen-bond acceptors (Lipinski definition) is 4. The van der Waals surface area contributed by atoms with Crippen molar-refractivity contribution in [1.82, 2.24) is 5.32 Å². The second-order valence-electron chi connectivity index (χ2n) is 5.43. The summed E-state index contributed by atoms with van der Waals surface area (Å²) < 4.78 is 5.32. The lowest BCUT2D eigenvalue weighted by molar-refractivity contribution is -0.384. The molecule has 0 aliphatic carbocycles. The molecule has 0 spiro atoms. The van der Waals surface area contributed by atoms with Gasteiger partial charge in [-0.15, -0.1) is 0 Å². The number of carbonyl (C=O) groups excluding carboxylic acids is 1. The number of amides is 1. The molecule has 0 heterocycles. The number of carbonyl (C=O) groups is 1. The van der Waals surface area contributed by atoms with Gasteiger partial charge in [-0.25, -0.2) is 0 Å². The minimum atomic E-state index is -0.505. The second kappa shape index (κ2) is 8.10. The average Bonchev–Trinajstić information content (AvgIpc) is 2.60. The minimum absolute atomic E-state index is 0.0720. The molecule has 6 nitrogen and oxygen atoms in total. The van der Waals surface area contributed by atoms with Crippen LogP contribution in [0.5, 0.6) is 5.75 Å². The third-order valence-corrected chi connectivity index (χ3v) is 3.66. The van der Waals surface area contributed by atoms with Gasteiger partial charge < -0.3 is 10.1 Å². The summed E-state index contributed by atoms with van der Waals surface area (Å²) in [5, 5.41) is 13.6. The van der Waals surface area contributed by atoms with Gasteiger partial charge in [-0.05, 0) is 30.5 Å². The van der Waals surface area contributed by atoms with E-state index >= 15 is 0 Å². The first-order valence-electron chi connectivity index (χ1n) is 7.75. The summed E-state index contributed by atoms with van der Waals surface area (Å²) in [4.78, 5) is 22.2. The van der Waals surface area contributed by atoms with Gasteiger partial charge in [0.25, 0.3) is 11.6 Å². The van der Waals surface area contributed by atoms with Crippen LogP contribution < -0.4 is 10.1 Å². The van der Waals surface area contributed by atoms with Gasteiger partial charge in [0, 0.05) is 6.07 Å². The van der Waals surface area contributed by atoms with Crippen LogP contribution in [0.15, 0.2) is 48.5 Å². The van der Waals surface area contributed by atoms with Crippen molar-refractivity contribution >= 4 is 11.6 Å². The molecule has 1 amide bonds. The van der Waals surface area contributed by atoms with Crippen LogP contribution in [-0.2, 0) is 11.2 Å². The van der Waals surface area contributed by atoms with Crippen LogP contribution in [0.1, 0.15) is 31.0 Å². The molecule has 1 N–H and O–H groups in total. The molecule has 0 saturated heterocycles. The van der Waals surface area contributed by atoms with Crippen molar-refractivity contribution in [3.8, 4) is 5.75 Å². The van der Waals surface area contributed by atoms with Crippen molar-refractivity contribution < 1.29 is 14.5 Å². The fourth-order valence-electron chi connectivity index (χ4n) is 2.24. The summed E-state index contributed by atoms with van der Waals surface area (Å²) in [5.41, 5.74) is 2.18. The number of nitro benzene ring substituents is 1. The molecule has 0 radical (unpaired) electrons. The molecule has 0 aliphatic rings. The normalized spacial score (nSPS) is 11.6. The van der Waals surface area contributed by atoms with Gasteiger partial charge in [-0.3, -0.25) is 14.9 Å². The number of hydrogen-bond donors (Lipinski definition) is 1. The number of ether oxygens (including phenoxy) is 1. The Morgan fingerprint density at radius 1 is 1.25 bits per heavy atom. The van der Waals surface area contributed by atoms with Gasteiger partial charge in [-0.2, -0.15) is 0 Å². The highest BCUT2D eigenvalue weighted by atomic mass is 16.6. The van der Waals surface area contributed by atoms with Gasteiger partial charge in [0.15, 0.2) is 6.61 Å². The van der Waals surface area contributed by atoms with Crippen LogP contribution in [0.25, 0.3) is 0 Å². The first kappa shape index (κ1) is 17.5. The van der Waals surface area contributed by atoms with E-state index in [4.69, 9.17) is 4.74 Å². The summed E-state index contributed by atoms with van der Waals surface area (Å²) in [6, 6.07) is 13.7. The molecular formula is C18H20N2O4. The summed E-state index contributed by atoms with van der Waals surface area (Å²) >= 11 is 0. The van der Waals surface area contributed by atoms with E-state index in [2.05, 4.69) is 12.2 Å². The standard InChI is InChI=1S/C18H20N2O4/c1-3-14-7-9-15(10-8-14)13(2)19-18(21)12-24-17-6-4-5-16(11-17)20(22)23/h4-11,13H,3,12H2,1-2H3,(H,19,21)/t13-/m0/s1. The summed E-state index contributed by atoms with van der Waals surface area (Å²) in [6.45, 7) is 3.79. The number of rotatable bonds is 7. The fourth-order valence-corrected chi connectivity index (χ4v) is 2.24. The third-order valence-electron chi connectivity index (χ3n) is 3.66. The van der Waals surface area contributed by atoms with E-state index < -0.39 is 4.92 Å². The van der Waals surface area contributed by atoms with Crippen LogP contribution >= 0.6 is 0 Å². The van der Waals surface area contributed by atoms with E-state index in [0.717, 1.165) is 12.0 Å². The zero-order chi connectivity index (χ0) is 17.5. The Kier molecular flexibility index (Phi) is 5.89. The van der Waals surface area contributed by atoms with E-state index in [9.17, 15) is 14.9 Å². The highest BCUT2D eigenvalue weighted by Gasteiger charge is 2.11. The zero-order valence-corrected chi connectivity index (χ0v) is 13.7. The lowest BCUT2D eigenvalue weighted by atomic mass is 10.1. The molecule has 0 aromatic heterocycles. The molecule has 1 atom stereocenters. The summed E-state index contributed by atoms with van der Waals surface area (Å²) in [5.74, 6) is 0.00729. The highest BCUT2D eigenvalue weighted by Crippen LogP contribution is 2.19. The van der Waals surface area contributed by atoms with E-state index in [1.165, 1.54) is 23.8 Å². The Morgan fingerprint density at radius 2 is 1.96 bits per heavy atom. The average molecular weight is 328 g/mol. The van der Waals surface area contributed by atoms with Crippen LogP contribution in [0.3, 0.4) is 0 Å². The largest absolute Gasteiger partial charge is 0.484 e. The predicted octanol–water partition coefficient (Wildman–Crippen LogP) is 3.41. The Morgan fingerprint density at radius 3 is 2.58 bits per heavy atom. The monoisotopic (exact) mass is 328 g/mol. The summed E-state index contributed by atoms with van der Waals surface area (Å²) in [7, 11) is 0. The first-order chi connectivity index (χ1) is 11.5. The molecule has 126 valence electrons. The number of benzene rings is 2. The zero-order valence-electron chi connectivity index (χ0n) is 13.7. The summed E-state index contributed by atoms with van der Waals surface area (Å²) in [6.07, 6.45) is 0.970. The van der Waals surface area contributed by atoms with Crippen molar-refractivity contribution in [1.29, 1.82) is 0 Å². The molecule has 2 aromatic rings. The lowest BCUT2D eigenvalue weighted by Gasteiger charge is -2.15. The van der Waals surface area contributed by atoms with Gasteiger partial charge >= 0.3 is 0 Å². The molecule has 0 unspecified atom stereocenters. The molecule has 2 aromatic carbocycles. The number of nitrogens with zero attached hydrogens (tertiary/aromatic N) is 1. The van der Waals surface area contributed by atoms with Crippen LogP contribution in [-0.4, -0.2) is 17.4 Å². The maximum absolute atomic E-state index is 12.0. The number of nitro groups is 1. The van der Waals surface area contributed by atoms with Crippen LogP contribution in [0.4, 0.5) is 5.69 Å². The first-order valence-corrected chi connectivity index (χ1v) is 7.75. The third kappa shape index (κ3) is 4.81. The Labute approximate surface area is 140 Å². The quantitative estimate of drug-likeness (QED) is 0.624. The number of nitrogens with one attached hydrogen (secondary N) is 1. The van der Waals surface area contributed by atoms with E-state index in [-0.39, 0.29) is 24.2 Å². The van der Waals surface area contributed by atoms with Crippen LogP contribution in [0, 0.1) is 10.1 Å². The van der Waals surface area contributed by atoms with Gasteiger partial charge in [-0.1, -0.05) is 37.3 Å². The smallest absolute Gasteiger partial charge is 0.273 e. The molecule has 6 heteroatoms. The van der Waals surface area contributed by atoms with E-state index in [0.29, 0.717) is 5.75 Å². The molecule has 0 aliphatic heterocycles. The van der Waals surface area contributed by atoms with Gasteiger partial charge in [0.05, 0.1) is 17.0 Å². The Bertz CT molecular complexity index is 713. The van der Waals surface area contributed by atoms with Crippen molar-refractivity contribution in [3.63, 3.8) is 0 Å². The minimum Gasteiger partial charge on any atom is -0.484 e. The molecule has 0 bridgehead atoms. The highest BCUT2D eigenvalue weighted by molar-refractivity contribution is 5.78. The molecule has 0 saturated carbocycles. The van der Waals surface area contributed by atoms with Crippen molar-refractivity contribution in [2.75, 3.05) is 6.61 Å². The topological polar surface area (TPSA) is 81.5 Å². The Hall–Kier alpha value is -2.89. The maximum atomic E-state index is 12.0. The Balaban J connectivity index is 1.88. The van der Waals surface area contributed by atoms with Crippen molar-refractivity contribution in [2.45, 2.75) is 26.3 Å². The lowest BCUT2D eigenvalue weighted by Crippen LogP contribution is -2.31. The van der Waals surface area contributed by atoms with Crippen molar-refractivity contribution in [3.05, 3.63) is 69.8 Å². The van der Waals surface area contributed by atoms with Gasteiger partial charge in [0.2, 0.25) is 0 Å². The molecule has 0 fully saturated rings. The van der Waals surface area contributed by atoms with Gasteiger partial charge in [0.1, 0.15) is 5.75 Å². The molecule has 2 rings (SSSR count). The molecule has 24 heavy (non-hydrogen) atoms.